The summed E-state index contributed by atoms with van der Waals surface area (Å²) in [5.74, 6) is -0.399. The normalized spacial score (nSPS) is 15.8. The molecule has 0 spiro atoms. The SMILES string of the molecule is CC(=NCCCN1CCOCC1)c1c(O)n(-c2ccccc2)c(=O)[nH]c1=O. The van der Waals surface area contributed by atoms with Crippen molar-refractivity contribution in [3.63, 3.8) is 0 Å². The van der Waals surface area contributed by atoms with Gasteiger partial charge in [-0.15, -0.1) is 0 Å². The van der Waals surface area contributed by atoms with Crippen LogP contribution in [0.15, 0.2) is 44.9 Å². The van der Waals surface area contributed by atoms with Crippen molar-refractivity contribution in [2.75, 3.05) is 39.4 Å². The molecule has 8 heteroatoms. The molecule has 0 atom stereocenters. The zero-order valence-electron chi connectivity index (χ0n) is 15.4. The van der Waals surface area contributed by atoms with Gasteiger partial charge in [0.1, 0.15) is 5.56 Å². The molecule has 0 aliphatic carbocycles. The van der Waals surface area contributed by atoms with E-state index < -0.39 is 17.1 Å². The van der Waals surface area contributed by atoms with E-state index in [9.17, 15) is 14.7 Å². The first-order chi connectivity index (χ1) is 13.1. The smallest absolute Gasteiger partial charge is 0.335 e. The highest BCUT2D eigenvalue weighted by atomic mass is 16.5. The molecular formula is C19H24N4O4. The average Bonchev–Trinajstić information content (AvgIpc) is 2.66. The number of hydrogen-bond acceptors (Lipinski definition) is 6. The van der Waals surface area contributed by atoms with Crippen molar-refractivity contribution in [3.8, 4) is 11.6 Å². The van der Waals surface area contributed by atoms with Gasteiger partial charge in [-0.2, -0.15) is 0 Å². The molecule has 1 aliphatic heterocycles. The number of aliphatic imine (C=N–C) groups is 1. The Bertz CT molecular complexity index is 912. The number of nitrogens with zero attached hydrogens (tertiary/aromatic N) is 3. The molecule has 3 rings (SSSR count). The summed E-state index contributed by atoms with van der Waals surface area (Å²) < 4.78 is 6.40. The van der Waals surface area contributed by atoms with Crippen LogP contribution in [0.25, 0.3) is 5.69 Å². The zero-order chi connectivity index (χ0) is 19.2. The third kappa shape index (κ3) is 4.53. The molecule has 8 nitrogen and oxygen atoms in total. The molecular weight excluding hydrogens is 348 g/mol. The molecule has 0 saturated carbocycles. The number of hydrogen-bond donors (Lipinski definition) is 2. The zero-order valence-corrected chi connectivity index (χ0v) is 15.4. The highest BCUT2D eigenvalue weighted by Gasteiger charge is 2.17. The molecule has 1 aromatic carbocycles. The number of H-pyrrole nitrogens is 1. The maximum absolute atomic E-state index is 12.2. The van der Waals surface area contributed by atoms with Crippen LogP contribution >= 0.6 is 0 Å². The number of aromatic nitrogens is 2. The first-order valence-electron chi connectivity index (χ1n) is 9.03. The van der Waals surface area contributed by atoms with Crippen LogP contribution in [0, 0.1) is 0 Å². The first-order valence-corrected chi connectivity index (χ1v) is 9.03. The Morgan fingerprint density at radius 3 is 2.63 bits per heavy atom. The first kappa shape index (κ1) is 19.1. The monoisotopic (exact) mass is 372 g/mol. The average molecular weight is 372 g/mol. The summed E-state index contributed by atoms with van der Waals surface area (Å²) in [5, 5.41) is 10.6. The minimum atomic E-state index is -0.687. The number of aromatic hydroxyl groups is 1. The van der Waals surface area contributed by atoms with Crippen LogP contribution < -0.4 is 11.2 Å². The van der Waals surface area contributed by atoms with E-state index in [0.717, 1.165) is 43.8 Å². The second-order valence-electron chi connectivity index (χ2n) is 6.40. The van der Waals surface area contributed by atoms with Gasteiger partial charge < -0.3 is 9.84 Å². The summed E-state index contributed by atoms with van der Waals surface area (Å²) in [5.41, 5.74) is -0.436. The molecule has 144 valence electrons. The quantitative estimate of drug-likeness (QED) is 0.576. The Hall–Kier alpha value is -2.71. The van der Waals surface area contributed by atoms with Crippen LogP contribution in [0.1, 0.15) is 18.9 Å². The van der Waals surface area contributed by atoms with E-state index >= 15 is 0 Å². The number of rotatable bonds is 6. The fourth-order valence-electron chi connectivity index (χ4n) is 3.11. The van der Waals surface area contributed by atoms with Gasteiger partial charge in [-0.25, -0.2) is 9.36 Å². The predicted molar refractivity (Wildman–Crippen MR) is 103 cm³/mol. The molecule has 0 unspecified atom stereocenters. The van der Waals surface area contributed by atoms with Crippen molar-refractivity contribution in [1.82, 2.24) is 14.5 Å². The van der Waals surface area contributed by atoms with Gasteiger partial charge in [0.15, 0.2) is 0 Å². The highest BCUT2D eigenvalue weighted by molar-refractivity contribution is 6.00. The van der Waals surface area contributed by atoms with Crippen molar-refractivity contribution < 1.29 is 9.84 Å². The molecule has 0 amide bonds. The standard InChI is InChI=1S/C19H24N4O4/c1-14(20-8-5-9-22-10-12-27-13-11-22)16-17(24)21-19(26)23(18(16)25)15-6-3-2-4-7-15/h2-4,6-7,25H,5,8-13H2,1H3,(H,21,24,26). The topological polar surface area (TPSA) is 99.9 Å². The van der Waals surface area contributed by atoms with Gasteiger partial charge in [0, 0.05) is 31.9 Å². The van der Waals surface area contributed by atoms with Gasteiger partial charge in [-0.05, 0) is 25.5 Å². The van der Waals surface area contributed by atoms with Gasteiger partial charge in [0.2, 0.25) is 5.88 Å². The maximum atomic E-state index is 12.2. The number of para-hydroxylation sites is 1. The van der Waals surface area contributed by atoms with E-state index in [1.165, 1.54) is 0 Å². The second-order valence-corrected chi connectivity index (χ2v) is 6.40. The largest absolute Gasteiger partial charge is 0.493 e. The Balaban J connectivity index is 1.78. The Morgan fingerprint density at radius 1 is 1.22 bits per heavy atom. The minimum Gasteiger partial charge on any atom is -0.493 e. The summed E-state index contributed by atoms with van der Waals surface area (Å²) in [7, 11) is 0. The summed E-state index contributed by atoms with van der Waals surface area (Å²) in [6.45, 7) is 6.47. The van der Waals surface area contributed by atoms with Gasteiger partial charge >= 0.3 is 5.69 Å². The number of nitrogens with one attached hydrogen (secondary N) is 1. The molecule has 1 aromatic heterocycles. The van der Waals surface area contributed by atoms with Crippen LogP contribution in [0.3, 0.4) is 0 Å². The maximum Gasteiger partial charge on any atom is 0.335 e. The fraction of sp³-hybridized carbons (Fsp3) is 0.421. The lowest BCUT2D eigenvalue weighted by Gasteiger charge is -2.26. The third-order valence-corrected chi connectivity index (χ3v) is 4.55. The lowest BCUT2D eigenvalue weighted by Crippen LogP contribution is -2.37. The van der Waals surface area contributed by atoms with E-state index in [-0.39, 0.29) is 5.56 Å². The Kier molecular flexibility index (Phi) is 6.20. The van der Waals surface area contributed by atoms with E-state index in [4.69, 9.17) is 4.74 Å². The Morgan fingerprint density at radius 2 is 1.93 bits per heavy atom. The lowest BCUT2D eigenvalue weighted by atomic mass is 10.2. The van der Waals surface area contributed by atoms with Crippen molar-refractivity contribution >= 4 is 5.71 Å². The van der Waals surface area contributed by atoms with Crippen molar-refractivity contribution in [2.24, 2.45) is 4.99 Å². The summed E-state index contributed by atoms with van der Waals surface area (Å²) in [6, 6.07) is 8.66. The number of morpholine rings is 1. The van der Waals surface area contributed by atoms with Gasteiger partial charge in [0.05, 0.1) is 18.9 Å². The van der Waals surface area contributed by atoms with Crippen molar-refractivity contribution in [2.45, 2.75) is 13.3 Å². The fourth-order valence-corrected chi connectivity index (χ4v) is 3.11. The van der Waals surface area contributed by atoms with Crippen LogP contribution in [0.2, 0.25) is 0 Å². The molecule has 2 aromatic rings. The van der Waals surface area contributed by atoms with Gasteiger partial charge in [-0.1, -0.05) is 18.2 Å². The van der Waals surface area contributed by atoms with Crippen LogP contribution in [-0.2, 0) is 4.74 Å². The highest BCUT2D eigenvalue weighted by Crippen LogP contribution is 2.16. The molecule has 2 N–H and O–H groups in total. The van der Waals surface area contributed by atoms with Crippen molar-refractivity contribution in [1.29, 1.82) is 0 Å². The van der Waals surface area contributed by atoms with Crippen LogP contribution in [0.4, 0.5) is 0 Å². The second kappa shape index (κ2) is 8.79. The lowest BCUT2D eigenvalue weighted by molar-refractivity contribution is 0.0377. The van der Waals surface area contributed by atoms with E-state index in [1.54, 1.807) is 37.3 Å². The van der Waals surface area contributed by atoms with E-state index in [0.29, 0.717) is 17.9 Å². The predicted octanol–water partition coefficient (Wildman–Crippen LogP) is 0.763. The summed E-state index contributed by atoms with van der Waals surface area (Å²) in [6.07, 6.45) is 0.842. The van der Waals surface area contributed by atoms with E-state index in [2.05, 4.69) is 14.9 Å². The molecule has 1 fully saturated rings. The van der Waals surface area contributed by atoms with Crippen LogP contribution in [-0.4, -0.2) is 64.7 Å². The minimum absolute atomic E-state index is 0.0184. The molecule has 0 radical (unpaired) electrons. The summed E-state index contributed by atoms with van der Waals surface area (Å²) >= 11 is 0. The van der Waals surface area contributed by atoms with Gasteiger partial charge in [-0.3, -0.25) is 19.7 Å². The number of aromatic amines is 1. The van der Waals surface area contributed by atoms with Crippen molar-refractivity contribution in [3.05, 3.63) is 56.7 Å². The molecule has 1 aliphatic rings. The summed E-state index contributed by atoms with van der Waals surface area (Å²) in [4.78, 5) is 33.4. The number of ether oxygens (including phenoxy) is 1. The Labute approximate surface area is 156 Å². The molecule has 0 bridgehead atoms. The molecule has 27 heavy (non-hydrogen) atoms. The van der Waals surface area contributed by atoms with Gasteiger partial charge in [0.25, 0.3) is 5.56 Å². The third-order valence-electron chi connectivity index (χ3n) is 4.55. The van der Waals surface area contributed by atoms with E-state index in [1.807, 2.05) is 0 Å². The van der Waals surface area contributed by atoms with Crippen LogP contribution in [0.5, 0.6) is 5.88 Å². The number of benzene rings is 1. The molecule has 2 heterocycles. The molecule has 1 saturated heterocycles.